The standard InChI is InChI=1S/C13H17NO2/c1-10-2-3-12(9-16)13(6-10)14-5-4-11(7-14)8-15/h2-3,6,9,11,15H,4-5,7-8H2,1H3/t11-/m0/s1. The van der Waals surface area contributed by atoms with E-state index in [1.54, 1.807) is 0 Å². The first-order valence-electron chi connectivity index (χ1n) is 5.66. The van der Waals surface area contributed by atoms with Gasteiger partial charge in [-0.25, -0.2) is 0 Å². The lowest BCUT2D eigenvalue weighted by Gasteiger charge is -2.20. The molecule has 0 saturated carbocycles. The van der Waals surface area contributed by atoms with Crippen LogP contribution in [0.2, 0.25) is 0 Å². The molecule has 3 heteroatoms. The van der Waals surface area contributed by atoms with Crippen LogP contribution in [0.1, 0.15) is 22.3 Å². The highest BCUT2D eigenvalue weighted by molar-refractivity contribution is 5.85. The highest BCUT2D eigenvalue weighted by Crippen LogP contribution is 2.27. The first-order valence-corrected chi connectivity index (χ1v) is 5.66. The predicted molar refractivity (Wildman–Crippen MR) is 64.0 cm³/mol. The van der Waals surface area contributed by atoms with Crippen molar-refractivity contribution in [1.29, 1.82) is 0 Å². The molecule has 1 N–H and O–H groups in total. The number of aliphatic hydroxyl groups excluding tert-OH is 1. The molecule has 0 aliphatic carbocycles. The van der Waals surface area contributed by atoms with Crippen LogP contribution in [0, 0.1) is 12.8 Å². The molecule has 0 aromatic heterocycles. The third kappa shape index (κ3) is 2.09. The summed E-state index contributed by atoms with van der Waals surface area (Å²) in [6.07, 6.45) is 1.91. The SMILES string of the molecule is Cc1ccc(C=O)c(N2CC[C@H](CO)C2)c1. The van der Waals surface area contributed by atoms with Gasteiger partial charge in [-0.1, -0.05) is 6.07 Å². The van der Waals surface area contributed by atoms with Gasteiger partial charge in [-0.05, 0) is 31.0 Å². The largest absolute Gasteiger partial charge is 0.396 e. The Labute approximate surface area is 95.7 Å². The summed E-state index contributed by atoms with van der Waals surface area (Å²) < 4.78 is 0. The molecule has 1 atom stereocenters. The number of hydrogen-bond acceptors (Lipinski definition) is 3. The monoisotopic (exact) mass is 219 g/mol. The van der Waals surface area contributed by atoms with Crippen LogP contribution in [0.5, 0.6) is 0 Å². The van der Waals surface area contributed by atoms with Gasteiger partial charge in [-0.3, -0.25) is 4.79 Å². The minimum Gasteiger partial charge on any atom is -0.396 e. The van der Waals surface area contributed by atoms with E-state index in [2.05, 4.69) is 4.90 Å². The first kappa shape index (κ1) is 11.1. The number of aliphatic hydroxyl groups is 1. The van der Waals surface area contributed by atoms with E-state index in [9.17, 15) is 4.79 Å². The van der Waals surface area contributed by atoms with Gasteiger partial charge in [0.05, 0.1) is 0 Å². The fourth-order valence-corrected chi connectivity index (χ4v) is 2.23. The van der Waals surface area contributed by atoms with Gasteiger partial charge in [0, 0.05) is 36.9 Å². The van der Waals surface area contributed by atoms with Gasteiger partial charge in [0.25, 0.3) is 0 Å². The number of rotatable bonds is 3. The second-order valence-corrected chi connectivity index (χ2v) is 4.46. The van der Waals surface area contributed by atoms with Gasteiger partial charge in [-0.2, -0.15) is 0 Å². The van der Waals surface area contributed by atoms with Crippen LogP contribution >= 0.6 is 0 Å². The van der Waals surface area contributed by atoms with Crippen LogP contribution in [0.3, 0.4) is 0 Å². The van der Waals surface area contributed by atoms with Crippen molar-refractivity contribution >= 4 is 12.0 Å². The summed E-state index contributed by atoms with van der Waals surface area (Å²) in [4.78, 5) is 13.2. The van der Waals surface area contributed by atoms with Crippen molar-refractivity contribution < 1.29 is 9.90 Å². The van der Waals surface area contributed by atoms with E-state index in [0.29, 0.717) is 5.92 Å². The molecule has 16 heavy (non-hydrogen) atoms. The molecule has 0 radical (unpaired) electrons. The number of nitrogens with zero attached hydrogens (tertiary/aromatic N) is 1. The molecule has 1 aromatic rings. The molecule has 0 amide bonds. The Morgan fingerprint density at radius 2 is 2.38 bits per heavy atom. The van der Waals surface area contributed by atoms with Crippen LogP contribution in [-0.4, -0.2) is 31.1 Å². The molecule has 0 spiro atoms. The molecule has 1 aliphatic rings. The topological polar surface area (TPSA) is 40.5 Å². The second kappa shape index (κ2) is 4.66. The summed E-state index contributed by atoms with van der Waals surface area (Å²) >= 11 is 0. The van der Waals surface area contributed by atoms with Gasteiger partial charge in [-0.15, -0.1) is 0 Å². The molecular weight excluding hydrogens is 202 g/mol. The minimum absolute atomic E-state index is 0.235. The number of hydrogen-bond donors (Lipinski definition) is 1. The van der Waals surface area contributed by atoms with Crippen molar-refractivity contribution in [3.8, 4) is 0 Å². The molecule has 1 aliphatic heterocycles. The summed E-state index contributed by atoms with van der Waals surface area (Å²) in [6, 6.07) is 5.86. The van der Waals surface area contributed by atoms with Crippen LogP contribution in [0.4, 0.5) is 5.69 Å². The van der Waals surface area contributed by atoms with Crippen LogP contribution < -0.4 is 4.90 Å². The highest BCUT2D eigenvalue weighted by Gasteiger charge is 2.23. The maximum Gasteiger partial charge on any atom is 0.152 e. The lowest BCUT2D eigenvalue weighted by atomic mass is 10.1. The maximum atomic E-state index is 11.0. The average Bonchev–Trinajstić information content (AvgIpc) is 2.77. The van der Waals surface area contributed by atoms with E-state index in [4.69, 9.17) is 5.11 Å². The van der Waals surface area contributed by atoms with E-state index in [-0.39, 0.29) is 6.61 Å². The zero-order chi connectivity index (χ0) is 11.5. The van der Waals surface area contributed by atoms with Crippen molar-refractivity contribution in [2.24, 2.45) is 5.92 Å². The Balaban J connectivity index is 2.26. The molecule has 2 rings (SSSR count). The molecule has 1 heterocycles. The summed E-state index contributed by atoms with van der Waals surface area (Å²) in [5.74, 6) is 0.347. The minimum atomic E-state index is 0.235. The third-order valence-electron chi connectivity index (χ3n) is 3.20. The summed E-state index contributed by atoms with van der Waals surface area (Å²) in [5, 5.41) is 9.12. The lowest BCUT2D eigenvalue weighted by Crippen LogP contribution is -2.22. The molecule has 0 unspecified atom stereocenters. The fraction of sp³-hybridized carbons (Fsp3) is 0.462. The zero-order valence-electron chi connectivity index (χ0n) is 9.52. The zero-order valence-corrected chi connectivity index (χ0v) is 9.52. The number of carbonyl (C=O) groups is 1. The maximum absolute atomic E-state index is 11.0. The summed E-state index contributed by atoms with van der Waals surface area (Å²) in [7, 11) is 0. The first-order chi connectivity index (χ1) is 7.74. The quantitative estimate of drug-likeness (QED) is 0.785. The van der Waals surface area contributed by atoms with Crippen LogP contribution in [0.15, 0.2) is 18.2 Å². The molecule has 3 nitrogen and oxygen atoms in total. The fourth-order valence-electron chi connectivity index (χ4n) is 2.23. The lowest BCUT2D eigenvalue weighted by molar-refractivity contribution is 0.112. The van der Waals surface area contributed by atoms with Crippen LogP contribution in [0.25, 0.3) is 0 Å². The van der Waals surface area contributed by atoms with Crippen molar-refractivity contribution in [2.75, 3.05) is 24.6 Å². The number of aryl methyl sites for hydroxylation is 1. The van der Waals surface area contributed by atoms with Gasteiger partial charge < -0.3 is 10.0 Å². The second-order valence-electron chi connectivity index (χ2n) is 4.46. The molecular formula is C13H17NO2. The molecule has 86 valence electrons. The van der Waals surface area contributed by atoms with E-state index in [1.807, 2.05) is 25.1 Å². The number of aldehydes is 1. The number of carbonyl (C=O) groups excluding carboxylic acids is 1. The Kier molecular flexibility index (Phi) is 3.25. The number of benzene rings is 1. The third-order valence-corrected chi connectivity index (χ3v) is 3.20. The summed E-state index contributed by atoms with van der Waals surface area (Å²) in [6.45, 7) is 4.03. The summed E-state index contributed by atoms with van der Waals surface area (Å²) in [5.41, 5.74) is 2.91. The van der Waals surface area contributed by atoms with Gasteiger partial charge in [0.15, 0.2) is 6.29 Å². The normalized spacial score (nSPS) is 20.1. The molecule has 0 bridgehead atoms. The van der Waals surface area contributed by atoms with Gasteiger partial charge in [0.1, 0.15) is 0 Å². The van der Waals surface area contributed by atoms with Crippen molar-refractivity contribution in [2.45, 2.75) is 13.3 Å². The van der Waals surface area contributed by atoms with E-state index < -0.39 is 0 Å². The van der Waals surface area contributed by atoms with Gasteiger partial charge in [0.2, 0.25) is 0 Å². The van der Waals surface area contributed by atoms with E-state index >= 15 is 0 Å². The Bertz CT molecular complexity index is 390. The van der Waals surface area contributed by atoms with Crippen molar-refractivity contribution in [1.82, 2.24) is 0 Å². The molecule has 1 fully saturated rings. The Hall–Kier alpha value is -1.35. The molecule has 1 saturated heterocycles. The van der Waals surface area contributed by atoms with Crippen molar-refractivity contribution in [3.05, 3.63) is 29.3 Å². The van der Waals surface area contributed by atoms with E-state index in [1.165, 1.54) is 0 Å². The average molecular weight is 219 g/mol. The predicted octanol–water partition coefficient (Wildman–Crippen LogP) is 1.63. The van der Waals surface area contributed by atoms with Crippen molar-refractivity contribution in [3.63, 3.8) is 0 Å². The smallest absolute Gasteiger partial charge is 0.152 e. The number of anilines is 1. The van der Waals surface area contributed by atoms with E-state index in [0.717, 1.165) is 42.6 Å². The highest BCUT2D eigenvalue weighted by atomic mass is 16.3. The Morgan fingerprint density at radius 3 is 3.00 bits per heavy atom. The molecule has 1 aromatic carbocycles. The Morgan fingerprint density at radius 1 is 1.56 bits per heavy atom. The van der Waals surface area contributed by atoms with Crippen LogP contribution in [-0.2, 0) is 0 Å². The van der Waals surface area contributed by atoms with Gasteiger partial charge >= 0.3 is 0 Å².